The van der Waals surface area contributed by atoms with Crippen molar-refractivity contribution < 1.29 is 19.5 Å². The Morgan fingerprint density at radius 2 is 1.80 bits per heavy atom. The van der Waals surface area contributed by atoms with Gasteiger partial charge in [0, 0.05) is 43.7 Å². The Labute approximate surface area is 240 Å². The molecule has 3 saturated heterocycles. The molecular weight excluding hydrogens is 522 g/mol. The van der Waals surface area contributed by atoms with Crippen molar-refractivity contribution in [2.75, 3.05) is 38.2 Å². The molecule has 2 bridgehead atoms. The van der Waals surface area contributed by atoms with E-state index in [1.807, 2.05) is 42.5 Å². The van der Waals surface area contributed by atoms with Crippen LogP contribution in [-0.4, -0.2) is 81.5 Å². The van der Waals surface area contributed by atoms with Crippen LogP contribution < -0.4 is 4.90 Å². The fraction of sp³-hybridized carbons (Fsp3) is 0.469. The molecular formula is C32H39N3O4S. The van der Waals surface area contributed by atoms with E-state index >= 15 is 0 Å². The number of anilines is 1. The molecule has 3 amide bonds. The molecule has 2 aromatic rings. The molecule has 40 heavy (non-hydrogen) atoms. The molecule has 212 valence electrons. The Hall–Kier alpha value is -3.10. The number of carbonyl (C=O) groups excluding carboxylic acids is 3. The zero-order valence-electron chi connectivity index (χ0n) is 23.4. The Kier molecular flexibility index (Phi) is 7.86. The number of aliphatic hydroxyl groups is 1. The summed E-state index contributed by atoms with van der Waals surface area (Å²) in [6.07, 6.45) is 6.00. The number of fused-ring (bicyclic) bond motifs is 2. The Morgan fingerprint density at radius 1 is 1.07 bits per heavy atom. The van der Waals surface area contributed by atoms with E-state index in [0.717, 1.165) is 22.9 Å². The minimum absolute atomic E-state index is 0.0230. The zero-order valence-corrected chi connectivity index (χ0v) is 24.2. The van der Waals surface area contributed by atoms with Crippen LogP contribution in [0.25, 0.3) is 10.8 Å². The van der Waals surface area contributed by atoms with Crippen LogP contribution in [0, 0.1) is 11.8 Å². The van der Waals surface area contributed by atoms with Gasteiger partial charge in [-0.2, -0.15) is 0 Å². The summed E-state index contributed by atoms with van der Waals surface area (Å²) in [5.41, 5.74) is 0.758. The topological polar surface area (TPSA) is 81.2 Å². The van der Waals surface area contributed by atoms with E-state index in [2.05, 4.69) is 20.1 Å². The first kappa shape index (κ1) is 28.4. The minimum Gasteiger partial charge on any atom is -0.396 e. The van der Waals surface area contributed by atoms with Crippen molar-refractivity contribution in [2.24, 2.45) is 11.8 Å². The number of rotatable bonds is 11. The predicted octanol–water partition coefficient (Wildman–Crippen LogP) is 4.26. The molecule has 3 heterocycles. The number of thioether (sulfide) groups is 1. The van der Waals surface area contributed by atoms with Gasteiger partial charge in [0.15, 0.2) is 0 Å². The molecule has 7 nitrogen and oxygen atoms in total. The SMILES string of the molecule is C=CCN(C)C(=O)[C@H]1[C@H]2C(=O)N(CCCCO)C(C(=O)N(CC=C)c3ccc4ccccc4c3)C23CC[C@]1(C)S3. The van der Waals surface area contributed by atoms with Gasteiger partial charge in [0.2, 0.25) is 11.8 Å². The van der Waals surface area contributed by atoms with E-state index < -0.39 is 27.4 Å². The zero-order chi connectivity index (χ0) is 28.7. The van der Waals surface area contributed by atoms with Crippen LogP contribution in [0.1, 0.15) is 32.6 Å². The number of benzene rings is 2. The molecule has 1 N–H and O–H groups in total. The van der Waals surface area contributed by atoms with Crippen molar-refractivity contribution >= 4 is 45.9 Å². The molecule has 8 heteroatoms. The molecule has 1 spiro atoms. The fourth-order valence-electron chi connectivity index (χ4n) is 7.18. The van der Waals surface area contributed by atoms with Gasteiger partial charge < -0.3 is 19.8 Å². The van der Waals surface area contributed by atoms with Crippen LogP contribution in [-0.2, 0) is 14.4 Å². The third-order valence-corrected chi connectivity index (χ3v) is 11.0. The summed E-state index contributed by atoms with van der Waals surface area (Å²) in [6, 6.07) is 13.3. The summed E-state index contributed by atoms with van der Waals surface area (Å²) >= 11 is 1.68. The average molecular weight is 562 g/mol. The van der Waals surface area contributed by atoms with Crippen LogP contribution in [0.15, 0.2) is 67.8 Å². The summed E-state index contributed by atoms with van der Waals surface area (Å²) in [4.78, 5) is 47.9. The average Bonchev–Trinajstić information content (AvgIpc) is 3.51. The first-order valence-electron chi connectivity index (χ1n) is 14.1. The van der Waals surface area contributed by atoms with Gasteiger partial charge in [0.1, 0.15) is 6.04 Å². The monoisotopic (exact) mass is 561 g/mol. The summed E-state index contributed by atoms with van der Waals surface area (Å²) in [5.74, 6) is -1.39. The second kappa shape index (κ2) is 11.1. The van der Waals surface area contributed by atoms with Crippen LogP contribution in [0.5, 0.6) is 0 Å². The van der Waals surface area contributed by atoms with Gasteiger partial charge in [0.25, 0.3) is 5.91 Å². The lowest BCUT2D eigenvalue weighted by Gasteiger charge is -2.38. The lowest BCUT2D eigenvalue weighted by Crippen LogP contribution is -2.55. The number of unbranched alkanes of at least 4 members (excludes halogenated alkanes) is 1. The molecule has 3 aliphatic rings. The Bertz CT molecular complexity index is 1350. The highest BCUT2D eigenvalue weighted by Gasteiger charge is 2.77. The molecule has 3 aliphatic heterocycles. The maximum absolute atomic E-state index is 14.7. The first-order valence-corrected chi connectivity index (χ1v) is 14.9. The number of aliphatic hydroxyl groups excluding tert-OH is 1. The van der Waals surface area contributed by atoms with Crippen LogP contribution in [0.2, 0.25) is 0 Å². The fourth-order valence-corrected chi connectivity index (χ4v) is 9.52. The molecule has 0 radical (unpaired) electrons. The highest BCUT2D eigenvalue weighted by atomic mass is 32.2. The van der Waals surface area contributed by atoms with Gasteiger partial charge in [-0.1, -0.05) is 42.5 Å². The van der Waals surface area contributed by atoms with Gasteiger partial charge in [-0.05, 0) is 55.5 Å². The van der Waals surface area contributed by atoms with Crippen molar-refractivity contribution in [3.8, 4) is 0 Å². The van der Waals surface area contributed by atoms with E-state index in [9.17, 15) is 19.5 Å². The number of carbonyl (C=O) groups is 3. The number of likely N-dealkylation sites (tertiary alicyclic amines) is 1. The minimum atomic E-state index is -0.704. The Morgan fingerprint density at radius 3 is 2.50 bits per heavy atom. The summed E-state index contributed by atoms with van der Waals surface area (Å²) in [5, 5.41) is 11.6. The van der Waals surface area contributed by atoms with E-state index in [4.69, 9.17) is 0 Å². The number of nitrogens with zero attached hydrogens (tertiary/aromatic N) is 3. The highest BCUT2D eigenvalue weighted by Crippen LogP contribution is 2.71. The molecule has 5 atom stereocenters. The third-order valence-electron chi connectivity index (χ3n) is 8.99. The second-order valence-corrected chi connectivity index (χ2v) is 13.4. The summed E-state index contributed by atoms with van der Waals surface area (Å²) in [6.45, 7) is 10.9. The van der Waals surface area contributed by atoms with Gasteiger partial charge in [-0.3, -0.25) is 14.4 Å². The van der Waals surface area contributed by atoms with E-state index in [1.54, 1.807) is 45.7 Å². The van der Waals surface area contributed by atoms with Crippen molar-refractivity contribution in [1.82, 2.24) is 9.80 Å². The summed E-state index contributed by atoms with van der Waals surface area (Å²) in [7, 11) is 1.75. The number of hydrogen-bond donors (Lipinski definition) is 1. The predicted molar refractivity (Wildman–Crippen MR) is 161 cm³/mol. The largest absolute Gasteiger partial charge is 0.396 e. The van der Waals surface area contributed by atoms with Gasteiger partial charge >= 0.3 is 0 Å². The number of likely N-dealkylation sites (N-methyl/N-ethyl adjacent to an activating group) is 1. The molecule has 0 saturated carbocycles. The highest BCUT2D eigenvalue weighted by molar-refractivity contribution is 8.02. The maximum atomic E-state index is 14.7. The van der Waals surface area contributed by atoms with Crippen LogP contribution >= 0.6 is 11.8 Å². The van der Waals surface area contributed by atoms with Crippen molar-refractivity contribution in [3.63, 3.8) is 0 Å². The Balaban J connectivity index is 1.58. The van der Waals surface area contributed by atoms with Gasteiger partial charge in [-0.15, -0.1) is 24.9 Å². The van der Waals surface area contributed by atoms with Gasteiger partial charge in [-0.25, -0.2) is 0 Å². The lowest BCUT2D eigenvalue weighted by atomic mass is 9.66. The van der Waals surface area contributed by atoms with Crippen molar-refractivity contribution in [2.45, 2.75) is 48.1 Å². The van der Waals surface area contributed by atoms with Crippen molar-refractivity contribution in [1.29, 1.82) is 0 Å². The van der Waals surface area contributed by atoms with Gasteiger partial charge in [0.05, 0.1) is 16.6 Å². The van der Waals surface area contributed by atoms with Crippen LogP contribution in [0.3, 0.4) is 0 Å². The number of amides is 3. The molecule has 3 fully saturated rings. The lowest BCUT2D eigenvalue weighted by molar-refractivity contribution is -0.144. The van der Waals surface area contributed by atoms with E-state index in [-0.39, 0.29) is 24.3 Å². The maximum Gasteiger partial charge on any atom is 0.251 e. The van der Waals surface area contributed by atoms with Crippen LogP contribution in [0.4, 0.5) is 5.69 Å². The first-order chi connectivity index (χ1) is 19.2. The molecule has 2 aromatic carbocycles. The quantitative estimate of drug-likeness (QED) is 0.328. The molecule has 0 aromatic heterocycles. The number of hydrogen-bond acceptors (Lipinski definition) is 5. The molecule has 2 unspecified atom stereocenters. The molecule has 5 rings (SSSR count). The van der Waals surface area contributed by atoms with Crippen molar-refractivity contribution in [3.05, 3.63) is 67.8 Å². The smallest absolute Gasteiger partial charge is 0.251 e. The molecule has 0 aliphatic carbocycles. The summed E-state index contributed by atoms with van der Waals surface area (Å²) < 4.78 is -1.11. The van der Waals surface area contributed by atoms with E-state index in [0.29, 0.717) is 38.9 Å². The van der Waals surface area contributed by atoms with E-state index in [1.165, 1.54) is 0 Å². The third kappa shape index (κ3) is 4.45. The normalized spacial score (nSPS) is 28.5. The second-order valence-electron chi connectivity index (χ2n) is 11.5. The standard InChI is InChI=1S/C32H39N3O4S/c1-5-17-33(4)28(37)25-26-29(38)35(19-9-10-20-36)27(32(26)16-15-31(25,3)40-32)30(39)34(18-6-2)24-14-13-22-11-7-8-12-23(22)21-24/h5-8,11-14,21,25-27,36H,1-2,9-10,15-20H2,3-4H3/t25-,26+,27?,31+,32?/m1/s1.